The zero-order valence-corrected chi connectivity index (χ0v) is 9.79. The molecule has 74 valence electrons. The number of nitrogens with zero attached hydrogens (tertiary/aromatic N) is 2. The molecule has 15 heavy (non-hydrogen) atoms. The number of allylic oxidation sites excluding steroid dienone is 8. The summed E-state index contributed by atoms with van der Waals surface area (Å²) in [6.45, 7) is 0. The van der Waals surface area contributed by atoms with Crippen LogP contribution in [0.1, 0.15) is 22.2 Å². The van der Waals surface area contributed by atoms with Gasteiger partial charge in [-0.2, -0.15) is 0 Å². The van der Waals surface area contributed by atoms with Crippen molar-refractivity contribution in [2.24, 2.45) is 0 Å². The Hall–Kier alpha value is -1.18. The number of hydrogen-bond donors (Lipinski definition) is 0. The quantitative estimate of drug-likeness (QED) is 0.760. The number of aromatic nitrogens is 2. The van der Waals surface area contributed by atoms with Gasteiger partial charge in [-0.05, 0) is 0 Å². The van der Waals surface area contributed by atoms with E-state index < -0.39 is 0 Å². The van der Waals surface area contributed by atoms with Crippen LogP contribution in [0.5, 0.6) is 0 Å². The summed E-state index contributed by atoms with van der Waals surface area (Å²) in [6, 6.07) is 0. The minimum absolute atomic E-state index is 0.198. The molecular formula is C12H10N2Se. The molecule has 0 aromatic carbocycles. The molecule has 2 nitrogen and oxygen atoms in total. The van der Waals surface area contributed by atoms with Crippen LogP contribution in [0.4, 0.5) is 0 Å². The summed E-state index contributed by atoms with van der Waals surface area (Å²) in [5.41, 5.74) is 0. The van der Waals surface area contributed by atoms with E-state index in [1.54, 1.807) is 0 Å². The molecular weight excluding hydrogens is 251 g/mol. The van der Waals surface area contributed by atoms with Crippen molar-refractivity contribution >= 4 is 14.7 Å². The third-order valence-electron chi connectivity index (χ3n) is 2.54. The summed E-state index contributed by atoms with van der Waals surface area (Å²) in [7, 11) is 0. The molecule has 2 aliphatic carbocycles. The molecule has 2 aliphatic rings. The molecule has 0 saturated heterocycles. The standard InChI is InChI=1S/C12H10N2Se/c1-2-6-9(5-1)11-13-12(15-14-11)10-7-3-4-8-10/h1-10H. The summed E-state index contributed by atoms with van der Waals surface area (Å²) in [5.74, 6) is 1.71. The van der Waals surface area contributed by atoms with E-state index in [0.717, 1.165) is 5.82 Å². The van der Waals surface area contributed by atoms with Gasteiger partial charge in [0.25, 0.3) is 0 Å². The van der Waals surface area contributed by atoms with Gasteiger partial charge in [-0.15, -0.1) is 0 Å². The second-order valence-corrected chi connectivity index (χ2v) is 5.23. The second-order valence-electron chi connectivity index (χ2n) is 3.58. The molecule has 3 rings (SSSR count). The zero-order chi connectivity index (χ0) is 10.1. The maximum atomic E-state index is 4.64. The first kappa shape index (κ1) is 9.08. The molecule has 0 saturated carbocycles. The normalized spacial score (nSPS) is 19.7. The molecule has 0 aliphatic heterocycles. The zero-order valence-electron chi connectivity index (χ0n) is 8.08. The van der Waals surface area contributed by atoms with Crippen molar-refractivity contribution in [1.82, 2.24) is 8.96 Å². The Balaban J connectivity index is 1.87. The molecule has 0 unspecified atom stereocenters. The first-order valence-electron chi connectivity index (χ1n) is 4.97. The molecule has 1 aromatic heterocycles. The fourth-order valence-electron chi connectivity index (χ4n) is 1.72. The summed E-state index contributed by atoms with van der Waals surface area (Å²) >= 11 is 0.198. The molecule has 0 amide bonds. The topological polar surface area (TPSA) is 25.8 Å². The molecule has 0 bridgehead atoms. The summed E-state index contributed by atoms with van der Waals surface area (Å²) in [4.78, 5) is 4.64. The predicted molar refractivity (Wildman–Crippen MR) is 61.0 cm³/mol. The average molecular weight is 261 g/mol. The molecule has 1 aromatic rings. The van der Waals surface area contributed by atoms with Gasteiger partial charge in [0.2, 0.25) is 0 Å². The molecule has 0 spiro atoms. The molecule has 3 heteroatoms. The Morgan fingerprint density at radius 1 is 0.867 bits per heavy atom. The van der Waals surface area contributed by atoms with Gasteiger partial charge in [0.05, 0.1) is 0 Å². The summed E-state index contributed by atoms with van der Waals surface area (Å²) < 4.78 is 5.78. The van der Waals surface area contributed by atoms with Crippen LogP contribution in [-0.4, -0.2) is 23.7 Å². The average Bonchev–Trinajstić information content (AvgIpc) is 3.02. The fourth-order valence-corrected chi connectivity index (χ4v) is 3.32. The molecule has 0 atom stereocenters. The van der Waals surface area contributed by atoms with Crippen LogP contribution in [-0.2, 0) is 0 Å². The first-order chi connectivity index (χ1) is 7.43. The van der Waals surface area contributed by atoms with E-state index in [9.17, 15) is 0 Å². The Morgan fingerprint density at radius 2 is 1.47 bits per heavy atom. The third kappa shape index (κ3) is 1.69. The van der Waals surface area contributed by atoms with Crippen molar-refractivity contribution in [1.29, 1.82) is 0 Å². The minimum atomic E-state index is 0.198. The summed E-state index contributed by atoms with van der Waals surface area (Å²) in [6.07, 6.45) is 16.9. The van der Waals surface area contributed by atoms with Gasteiger partial charge in [-0.1, -0.05) is 0 Å². The fraction of sp³-hybridized carbons (Fsp3) is 0.167. The van der Waals surface area contributed by atoms with E-state index in [0.29, 0.717) is 11.8 Å². The SMILES string of the molecule is C1=CC(c2n[se]c(C3C=CC=C3)n2)C=C1. The monoisotopic (exact) mass is 262 g/mol. The van der Waals surface area contributed by atoms with Gasteiger partial charge in [-0.25, -0.2) is 0 Å². The van der Waals surface area contributed by atoms with Crippen molar-refractivity contribution in [3.05, 3.63) is 59.0 Å². The van der Waals surface area contributed by atoms with Gasteiger partial charge < -0.3 is 0 Å². The maximum absolute atomic E-state index is 4.64. The molecule has 1 heterocycles. The van der Waals surface area contributed by atoms with Crippen LogP contribution in [0.25, 0.3) is 0 Å². The predicted octanol–water partition coefficient (Wildman–Crippen LogP) is 1.95. The van der Waals surface area contributed by atoms with Crippen LogP contribution in [0.3, 0.4) is 0 Å². The third-order valence-corrected chi connectivity index (χ3v) is 4.28. The van der Waals surface area contributed by atoms with Crippen molar-refractivity contribution in [3.63, 3.8) is 0 Å². The van der Waals surface area contributed by atoms with Gasteiger partial charge in [0.1, 0.15) is 0 Å². The molecule has 0 radical (unpaired) electrons. The van der Waals surface area contributed by atoms with E-state index in [4.69, 9.17) is 0 Å². The second kappa shape index (κ2) is 3.76. The Kier molecular flexibility index (Phi) is 2.28. The van der Waals surface area contributed by atoms with Crippen LogP contribution < -0.4 is 0 Å². The Bertz CT molecular complexity index is 413. The van der Waals surface area contributed by atoms with E-state index in [1.165, 1.54) is 4.57 Å². The first-order valence-corrected chi connectivity index (χ1v) is 6.59. The van der Waals surface area contributed by atoms with E-state index in [1.807, 2.05) is 0 Å². The Morgan fingerprint density at radius 3 is 2.13 bits per heavy atom. The van der Waals surface area contributed by atoms with Crippen molar-refractivity contribution in [2.75, 3.05) is 0 Å². The van der Waals surface area contributed by atoms with Gasteiger partial charge in [-0.3, -0.25) is 0 Å². The van der Waals surface area contributed by atoms with Crippen LogP contribution in [0.15, 0.2) is 48.6 Å². The molecule has 0 fully saturated rings. The molecule has 0 N–H and O–H groups in total. The van der Waals surface area contributed by atoms with Gasteiger partial charge >= 0.3 is 94.5 Å². The van der Waals surface area contributed by atoms with Crippen molar-refractivity contribution < 1.29 is 0 Å². The van der Waals surface area contributed by atoms with Crippen molar-refractivity contribution in [3.8, 4) is 0 Å². The Labute approximate surface area is 94.7 Å². The van der Waals surface area contributed by atoms with Crippen LogP contribution in [0, 0.1) is 0 Å². The van der Waals surface area contributed by atoms with Gasteiger partial charge in [0, 0.05) is 0 Å². The number of rotatable bonds is 2. The van der Waals surface area contributed by atoms with Gasteiger partial charge in [0.15, 0.2) is 0 Å². The van der Waals surface area contributed by atoms with Crippen LogP contribution >= 0.6 is 0 Å². The van der Waals surface area contributed by atoms with Crippen molar-refractivity contribution in [2.45, 2.75) is 11.8 Å². The van der Waals surface area contributed by atoms with E-state index in [-0.39, 0.29) is 14.7 Å². The van der Waals surface area contributed by atoms with E-state index in [2.05, 4.69) is 57.6 Å². The van der Waals surface area contributed by atoms with Crippen LogP contribution in [0.2, 0.25) is 0 Å². The number of hydrogen-bond acceptors (Lipinski definition) is 2. The summed E-state index contributed by atoms with van der Waals surface area (Å²) in [5, 5.41) is 0. The van der Waals surface area contributed by atoms with E-state index >= 15 is 0 Å².